The molecule has 0 bridgehead atoms. The summed E-state index contributed by atoms with van der Waals surface area (Å²) in [7, 11) is 0. The van der Waals surface area contributed by atoms with Gasteiger partial charge in [-0.05, 0) is 29.3 Å². The van der Waals surface area contributed by atoms with Gasteiger partial charge in [-0.25, -0.2) is 4.39 Å². The average molecular weight is 330 g/mol. The summed E-state index contributed by atoms with van der Waals surface area (Å²) in [5.41, 5.74) is 1.85. The Morgan fingerprint density at radius 1 is 1.10 bits per heavy atom. The van der Waals surface area contributed by atoms with E-state index < -0.39 is 5.50 Å². The number of halogens is 4. The highest BCUT2D eigenvalue weighted by Gasteiger charge is 2.23. The van der Waals surface area contributed by atoms with Gasteiger partial charge in [0.2, 0.25) is 0 Å². The molecule has 2 aromatic rings. The van der Waals surface area contributed by atoms with Crippen LogP contribution in [0.1, 0.15) is 11.1 Å². The van der Waals surface area contributed by atoms with Gasteiger partial charge in [-0.15, -0.1) is 0 Å². The highest BCUT2D eigenvalue weighted by Crippen LogP contribution is 2.41. The highest BCUT2D eigenvalue weighted by atomic mass is 35.5. The Kier molecular flexibility index (Phi) is 3.59. The number of alkyl halides is 1. The number of hydrogen-bond donors (Lipinski definition) is 1. The van der Waals surface area contributed by atoms with Gasteiger partial charge in [0.1, 0.15) is 5.82 Å². The largest absolute Gasteiger partial charge is 0.344 e. The third kappa shape index (κ3) is 2.26. The first kappa shape index (κ1) is 13.7. The molecule has 1 unspecified atom stereocenters. The van der Waals surface area contributed by atoms with Gasteiger partial charge in [0.05, 0.1) is 22.1 Å². The van der Waals surface area contributed by atoms with Gasteiger partial charge in [-0.2, -0.15) is 0 Å². The molecule has 1 aliphatic rings. The number of fused-ring (bicyclic) bond motifs is 1. The Hall–Kier alpha value is -1.29. The van der Waals surface area contributed by atoms with E-state index in [0.717, 1.165) is 11.1 Å². The van der Waals surface area contributed by atoms with Gasteiger partial charge in [0, 0.05) is 5.56 Å². The van der Waals surface area contributed by atoms with Gasteiger partial charge in [-0.3, -0.25) is 4.99 Å². The van der Waals surface area contributed by atoms with Crippen molar-refractivity contribution in [1.29, 1.82) is 0 Å². The monoisotopic (exact) mass is 328 g/mol. The van der Waals surface area contributed by atoms with Crippen molar-refractivity contribution >= 4 is 46.8 Å². The van der Waals surface area contributed by atoms with Crippen LogP contribution in [0.2, 0.25) is 10.0 Å². The fraction of sp³-hybridized carbons (Fsp3) is 0.0714. The summed E-state index contributed by atoms with van der Waals surface area (Å²) in [6.45, 7) is 0. The van der Waals surface area contributed by atoms with E-state index in [1.807, 2.05) is 6.07 Å². The van der Waals surface area contributed by atoms with Gasteiger partial charge in [-0.1, -0.05) is 46.9 Å². The molecular weight excluding hydrogens is 322 g/mol. The molecule has 0 aromatic heterocycles. The molecule has 0 amide bonds. The topological polar surface area (TPSA) is 24.4 Å². The zero-order valence-electron chi connectivity index (χ0n) is 10.0. The van der Waals surface area contributed by atoms with Crippen LogP contribution in [0.3, 0.4) is 0 Å². The second-order valence-electron chi connectivity index (χ2n) is 4.27. The number of benzene rings is 2. The van der Waals surface area contributed by atoms with E-state index in [1.54, 1.807) is 18.2 Å². The highest BCUT2D eigenvalue weighted by molar-refractivity contribution is 6.42. The minimum atomic E-state index is -0.647. The van der Waals surface area contributed by atoms with Crippen molar-refractivity contribution in [2.24, 2.45) is 4.99 Å². The van der Waals surface area contributed by atoms with E-state index in [9.17, 15) is 4.39 Å². The lowest BCUT2D eigenvalue weighted by atomic mass is 9.97. The first-order valence-corrected chi connectivity index (χ1v) is 6.97. The average Bonchev–Trinajstić information content (AvgIpc) is 2.43. The molecule has 1 heterocycles. The second kappa shape index (κ2) is 5.24. The molecule has 102 valence electrons. The molecule has 2 aromatic carbocycles. The van der Waals surface area contributed by atoms with Crippen LogP contribution in [0.15, 0.2) is 35.3 Å². The van der Waals surface area contributed by atoms with Crippen molar-refractivity contribution in [2.45, 2.75) is 5.50 Å². The zero-order valence-corrected chi connectivity index (χ0v) is 12.3. The Balaban J connectivity index is 2.23. The summed E-state index contributed by atoms with van der Waals surface area (Å²) in [4.78, 5) is 4.04. The summed E-state index contributed by atoms with van der Waals surface area (Å²) in [5, 5.41) is 3.68. The molecule has 0 saturated carbocycles. The SMILES string of the molecule is Fc1ccc(-c2ccc(Cl)c(Cl)c2)c2c1NC=NC2Cl. The Labute approximate surface area is 130 Å². The Morgan fingerprint density at radius 3 is 2.65 bits per heavy atom. The molecule has 0 fully saturated rings. The minimum absolute atomic E-state index is 0.337. The van der Waals surface area contributed by atoms with Crippen molar-refractivity contribution < 1.29 is 4.39 Å². The molecule has 3 rings (SSSR count). The maximum Gasteiger partial charge on any atom is 0.153 e. The van der Waals surface area contributed by atoms with Crippen molar-refractivity contribution in [1.82, 2.24) is 0 Å². The first-order chi connectivity index (χ1) is 9.58. The molecule has 20 heavy (non-hydrogen) atoms. The van der Waals surface area contributed by atoms with Crippen LogP contribution in [-0.2, 0) is 0 Å². The normalized spacial score (nSPS) is 16.7. The zero-order chi connectivity index (χ0) is 14.3. The first-order valence-electron chi connectivity index (χ1n) is 5.78. The number of hydrogen-bond acceptors (Lipinski definition) is 2. The van der Waals surface area contributed by atoms with E-state index in [0.29, 0.717) is 21.3 Å². The summed E-state index contributed by atoms with van der Waals surface area (Å²) >= 11 is 18.1. The maximum absolute atomic E-state index is 13.9. The minimum Gasteiger partial charge on any atom is -0.344 e. The van der Waals surface area contributed by atoms with Gasteiger partial charge >= 0.3 is 0 Å². The van der Waals surface area contributed by atoms with Crippen molar-refractivity contribution in [3.05, 3.63) is 51.8 Å². The lowest BCUT2D eigenvalue weighted by Crippen LogP contribution is -2.10. The summed E-state index contributed by atoms with van der Waals surface area (Å²) in [6.07, 6.45) is 1.39. The molecule has 6 heteroatoms. The smallest absolute Gasteiger partial charge is 0.153 e. The fourth-order valence-corrected chi connectivity index (χ4v) is 2.73. The molecule has 1 N–H and O–H groups in total. The van der Waals surface area contributed by atoms with Crippen LogP contribution in [0.25, 0.3) is 11.1 Å². The number of nitrogens with zero attached hydrogens (tertiary/aromatic N) is 1. The third-order valence-electron chi connectivity index (χ3n) is 3.08. The van der Waals surface area contributed by atoms with Gasteiger partial charge in [0.25, 0.3) is 0 Å². The second-order valence-corrected chi connectivity index (χ2v) is 5.50. The third-order valence-corrected chi connectivity index (χ3v) is 4.15. The lowest BCUT2D eigenvalue weighted by Gasteiger charge is -2.21. The molecule has 0 saturated heterocycles. The molecule has 1 aliphatic heterocycles. The Bertz CT molecular complexity index is 716. The van der Waals surface area contributed by atoms with Crippen LogP contribution < -0.4 is 5.32 Å². The number of rotatable bonds is 1. The van der Waals surface area contributed by atoms with E-state index in [2.05, 4.69) is 10.3 Å². The Morgan fingerprint density at radius 2 is 1.90 bits per heavy atom. The van der Waals surface area contributed by atoms with Crippen molar-refractivity contribution in [3.8, 4) is 11.1 Å². The molecular formula is C14H8Cl3FN2. The van der Waals surface area contributed by atoms with E-state index in [1.165, 1.54) is 12.4 Å². The van der Waals surface area contributed by atoms with Gasteiger partial charge < -0.3 is 5.32 Å². The lowest BCUT2D eigenvalue weighted by molar-refractivity contribution is 0.629. The van der Waals surface area contributed by atoms with Gasteiger partial charge in [0.15, 0.2) is 5.50 Å². The number of nitrogens with one attached hydrogen (secondary N) is 1. The summed E-state index contributed by atoms with van der Waals surface area (Å²) < 4.78 is 13.9. The van der Waals surface area contributed by atoms with Crippen LogP contribution in [0.4, 0.5) is 10.1 Å². The maximum atomic E-state index is 13.9. The van der Waals surface area contributed by atoms with Crippen LogP contribution >= 0.6 is 34.8 Å². The molecule has 0 spiro atoms. The standard InChI is InChI=1S/C14H8Cl3FN2/c15-9-3-1-7(5-10(9)16)8-2-4-11(18)13-12(8)14(17)20-6-19-13/h1-6,14H,(H,19,20). The predicted molar refractivity (Wildman–Crippen MR) is 82.6 cm³/mol. The predicted octanol–water partition coefficient (Wildman–Crippen LogP) is 5.49. The molecule has 2 nitrogen and oxygen atoms in total. The number of aliphatic imine (C=N–C) groups is 1. The quantitative estimate of drug-likeness (QED) is 0.543. The summed E-state index contributed by atoms with van der Waals surface area (Å²) in [5.74, 6) is -0.374. The van der Waals surface area contributed by atoms with E-state index >= 15 is 0 Å². The van der Waals surface area contributed by atoms with E-state index in [-0.39, 0.29) is 5.82 Å². The van der Waals surface area contributed by atoms with Crippen LogP contribution in [-0.4, -0.2) is 6.34 Å². The molecule has 0 radical (unpaired) electrons. The molecule has 0 aliphatic carbocycles. The van der Waals surface area contributed by atoms with Crippen molar-refractivity contribution in [3.63, 3.8) is 0 Å². The fourth-order valence-electron chi connectivity index (χ4n) is 2.14. The number of anilines is 1. The van der Waals surface area contributed by atoms with Crippen LogP contribution in [0, 0.1) is 5.82 Å². The summed E-state index contributed by atoms with van der Waals surface area (Å²) in [6, 6.07) is 8.26. The van der Waals surface area contributed by atoms with Crippen molar-refractivity contribution in [2.75, 3.05) is 5.32 Å². The molecule has 1 atom stereocenters. The van der Waals surface area contributed by atoms with E-state index in [4.69, 9.17) is 34.8 Å². The van der Waals surface area contributed by atoms with Crippen LogP contribution in [0.5, 0.6) is 0 Å².